The Morgan fingerprint density at radius 3 is 1.81 bits per heavy atom. The molecule has 172 valence electrons. The van der Waals surface area contributed by atoms with E-state index in [0.717, 1.165) is 33.7 Å². The van der Waals surface area contributed by atoms with Crippen LogP contribution in [-0.4, -0.2) is 15.3 Å². The first kappa shape index (κ1) is 21.6. The Hall–Kier alpha value is -4.96. The molecule has 4 aromatic carbocycles. The molecule has 0 aliphatic carbocycles. The van der Waals surface area contributed by atoms with Gasteiger partial charge in [0.25, 0.3) is 0 Å². The first-order valence-corrected chi connectivity index (χ1v) is 11.9. The lowest BCUT2D eigenvalue weighted by Gasteiger charge is -2.09. The number of fused-ring (bicyclic) bond motifs is 3. The molecule has 0 spiro atoms. The highest BCUT2D eigenvalue weighted by Gasteiger charge is 2.13. The summed E-state index contributed by atoms with van der Waals surface area (Å²) in [4.78, 5) is 9.93. The fourth-order valence-corrected chi connectivity index (χ4v) is 4.54. The van der Waals surface area contributed by atoms with Crippen molar-refractivity contribution in [2.24, 2.45) is 10.7 Å². The van der Waals surface area contributed by atoms with Gasteiger partial charge in [0.1, 0.15) is 5.82 Å². The lowest BCUT2D eigenvalue weighted by molar-refractivity contribution is 1.07. The van der Waals surface area contributed by atoms with Crippen LogP contribution in [0.4, 0.5) is 5.82 Å². The number of aliphatic imine (C=N–C) groups is 1. The van der Waals surface area contributed by atoms with E-state index >= 15 is 0 Å². The predicted octanol–water partition coefficient (Wildman–Crippen LogP) is 7.30. The van der Waals surface area contributed by atoms with Crippen molar-refractivity contribution in [1.29, 1.82) is 0 Å². The van der Waals surface area contributed by atoms with E-state index in [-0.39, 0.29) is 0 Å². The van der Waals surface area contributed by atoms with Crippen LogP contribution in [0.1, 0.15) is 11.1 Å². The Morgan fingerprint density at radius 1 is 0.611 bits per heavy atom. The van der Waals surface area contributed by atoms with E-state index < -0.39 is 0 Å². The SMILES string of the molecule is NC(=CC(=Nc1cccc(-n2c3ccccc3c3ccccc32)n1)c1ccccc1)c1ccccc1. The number of rotatable bonds is 5. The summed E-state index contributed by atoms with van der Waals surface area (Å²) in [5.41, 5.74) is 12.0. The van der Waals surface area contributed by atoms with Crippen LogP contribution in [0.5, 0.6) is 0 Å². The normalized spacial score (nSPS) is 12.3. The number of pyridine rings is 1. The molecule has 4 heteroatoms. The van der Waals surface area contributed by atoms with Crippen LogP contribution >= 0.6 is 0 Å². The van der Waals surface area contributed by atoms with Gasteiger partial charge in [-0.3, -0.25) is 4.57 Å². The Morgan fingerprint density at radius 2 is 1.17 bits per heavy atom. The fraction of sp³-hybridized carbons (Fsp3) is 0. The number of para-hydroxylation sites is 2. The number of allylic oxidation sites excluding steroid dienone is 1. The predicted molar refractivity (Wildman–Crippen MR) is 150 cm³/mol. The van der Waals surface area contributed by atoms with Gasteiger partial charge >= 0.3 is 0 Å². The van der Waals surface area contributed by atoms with E-state index in [4.69, 9.17) is 15.7 Å². The van der Waals surface area contributed by atoms with Crippen molar-refractivity contribution in [3.05, 3.63) is 145 Å². The quantitative estimate of drug-likeness (QED) is 0.272. The van der Waals surface area contributed by atoms with Crippen molar-refractivity contribution in [2.75, 3.05) is 0 Å². The Bertz CT molecular complexity index is 1680. The number of benzene rings is 4. The van der Waals surface area contributed by atoms with Crippen LogP contribution in [-0.2, 0) is 0 Å². The molecule has 0 saturated heterocycles. The van der Waals surface area contributed by atoms with Crippen LogP contribution in [0.3, 0.4) is 0 Å². The molecule has 0 unspecified atom stereocenters. The molecule has 0 aliphatic rings. The topological polar surface area (TPSA) is 56.2 Å². The van der Waals surface area contributed by atoms with Gasteiger partial charge in [0.15, 0.2) is 5.82 Å². The van der Waals surface area contributed by atoms with E-state index in [0.29, 0.717) is 11.5 Å². The summed E-state index contributed by atoms with van der Waals surface area (Å²) in [6, 6.07) is 42.8. The number of aromatic nitrogens is 2. The third-order valence-corrected chi connectivity index (χ3v) is 6.23. The smallest absolute Gasteiger partial charge is 0.154 e. The summed E-state index contributed by atoms with van der Waals surface area (Å²) in [5, 5.41) is 2.40. The Balaban J connectivity index is 1.50. The van der Waals surface area contributed by atoms with Crippen LogP contribution < -0.4 is 5.73 Å². The van der Waals surface area contributed by atoms with E-state index in [1.807, 2.05) is 84.9 Å². The highest BCUT2D eigenvalue weighted by atomic mass is 15.1. The molecule has 0 fully saturated rings. The van der Waals surface area contributed by atoms with Gasteiger partial charge < -0.3 is 5.73 Å². The molecule has 0 amide bonds. The molecule has 2 N–H and O–H groups in total. The minimum Gasteiger partial charge on any atom is -0.398 e. The molecular weight excluding hydrogens is 440 g/mol. The average molecular weight is 465 g/mol. The molecule has 36 heavy (non-hydrogen) atoms. The number of hydrogen-bond acceptors (Lipinski definition) is 3. The zero-order valence-electron chi connectivity index (χ0n) is 19.6. The summed E-state index contributed by atoms with van der Waals surface area (Å²) in [5.74, 6) is 1.44. The van der Waals surface area contributed by atoms with Gasteiger partial charge in [-0.15, -0.1) is 0 Å². The summed E-state index contributed by atoms with van der Waals surface area (Å²) < 4.78 is 2.19. The molecular formula is C32H24N4. The highest BCUT2D eigenvalue weighted by molar-refractivity contribution is 6.13. The van der Waals surface area contributed by atoms with E-state index in [1.54, 1.807) is 0 Å². The van der Waals surface area contributed by atoms with Gasteiger partial charge in [0.05, 0.1) is 16.7 Å². The second kappa shape index (κ2) is 9.35. The summed E-state index contributed by atoms with van der Waals surface area (Å²) in [6.07, 6.45) is 1.92. The van der Waals surface area contributed by atoms with Crippen molar-refractivity contribution >= 4 is 39.0 Å². The first-order chi connectivity index (χ1) is 17.8. The van der Waals surface area contributed by atoms with Gasteiger partial charge in [-0.2, -0.15) is 0 Å². The minimum absolute atomic E-state index is 0.616. The van der Waals surface area contributed by atoms with Gasteiger partial charge in [-0.1, -0.05) is 103 Å². The second-order valence-electron chi connectivity index (χ2n) is 8.55. The van der Waals surface area contributed by atoms with Crippen LogP contribution in [0.2, 0.25) is 0 Å². The Kier molecular flexibility index (Phi) is 5.60. The van der Waals surface area contributed by atoms with Crippen LogP contribution in [0.25, 0.3) is 33.3 Å². The highest BCUT2D eigenvalue weighted by Crippen LogP contribution is 2.31. The molecule has 4 nitrogen and oxygen atoms in total. The Labute approximate surface area is 209 Å². The fourth-order valence-electron chi connectivity index (χ4n) is 4.54. The number of nitrogens with two attached hydrogens (primary N) is 1. The standard InChI is InChI=1S/C32H24N4/c33-27(23-12-3-1-4-13-23)22-28(24-14-5-2-6-15-24)34-31-20-11-21-32(35-31)36-29-18-9-7-16-25(29)26-17-8-10-19-30(26)36/h1-22H,33H2. The molecule has 2 heterocycles. The van der Waals surface area contributed by atoms with Crippen LogP contribution in [0.15, 0.2) is 138 Å². The van der Waals surface area contributed by atoms with Gasteiger partial charge in [-0.05, 0) is 35.9 Å². The lowest BCUT2D eigenvalue weighted by Crippen LogP contribution is -2.04. The molecule has 2 aromatic heterocycles. The third-order valence-electron chi connectivity index (χ3n) is 6.23. The number of hydrogen-bond donors (Lipinski definition) is 1. The largest absolute Gasteiger partial charge is 0.398 e. The third kappa shape index (κ3) is 4.05. The maximum atomic E-state index is 6.47. The second-order valence-corrected chi connectivity index (χ2v) is 8.55. The maximum Gasteiger partial charge on any atom is 0.154 e. The van der Waals surface area contributed by atoms with E-state index in [1.165, 1.54) is 10.8 Å². The van der Waals surface area contributed by atoms with Crippen molar-refractivity contribution in [1.82, 2.24) is 9.55 Å². The molecule has 0 saturated carbocycles. The summed E-state index contributed by atoms with van der Waals surface area (Å²) >= 11 is 0. The van der Waals surface area contributed by atoms with E-state index in [2.05, 4.69) is 53.1 Å². The summed E-state index contributed by atoms with van der Waals surface area (Å²) in [6.45, 7) is 0. The molecule has 6 rings (SSSR count). The molecule has 0 radical (unpaired) electrons. The van der Waals surface area contributed by atoms with Crippen molar-refractivity contribution in [2.45, 2.75) is 0 Å². The zero-order valence-corrected chi connectivity index (χ0v) is 19.6. The lowest BCUT2D eigenvalue weighted by atomic mass is 10.1. The van der Waals surface area contributed by atoms with Gasteiger partial charge in [0.2, 0.25) is 0 Å². The van der Waals surface area contributed by atoms with Crippen molar-refractivity contribution in [3.8, 4) is 5.82 Å². The monoisotopic (exact) mass is 464 g/mol. The van der Waals surface area contributed by atoms with Crippen molar-refractivity contribution in [3.63, 3.8) is 0 Å². The van der Waals surface area contributed by atoms with E-state index in [9.17, 15) is 0 Å². The molecule has 0 aliphatic heterocycles. The van der Waals surface area contributed by atoms with Gasteiger partial charge in [0, 0.05) is 22.0 Å². The average Bonchev–Trinajstić information content (AvgIpc) is 3.28. The summed E-state index contributed by atoms with van der Waals surface area (Å²) in [7, 11) is 0. The van der Waals surface area contributed by atoms with Gasteiger partial charge in [-0.25, -0.2) is 9.98 Å². The molecule has 0 bridgehead atoms. The number of nitrogens with zero attached hydrogens (tertiary/aromatic N) is 3. The first-order valence-electron chi connectivity index (χ1n) is 11.9. The van der Waals surface area contributed by atoms with Crippen LogP contribution in [0, 0.1) is 0 Å². The molecule has 0 atom stereocenters. The molecule has 6 aromatic rings. The maximum absolute atomic E-state index is 6.47. The minimum atomic E-state index is 0.616. The zero-order chi connectivity index (χ0) is 24.3. The van der Waals surface area contributed by atoms with Crippen molar-refractivity contribution < 1.29 is 0 Å².